The standard InChI is InChI=1S/C12H12ClFN4S/c1-2-5-15-12-17-7-9(14)11(18-12)19-10-4-3-8(13)6-16-10/h3-4,6-7H,2,5H2,1H3,(H,15,17,18). The van der Waals surface area contributed by atoms with Gasteiger partial charge in [0.1, 0.15) is 10.1 Å². The van der Waals surface area contributed by atoms with E-state index in [9.17, 15) is 4.39 Å². The van der Waals surface area contributed by atoms with E-state index in [0.717, 1.165) is 30.9 Å². The minimum Gasteiger partial charge on any atom is -0.354 e. The minimum absolute atomic E-state index is 0.239. The van der Waals surface area contributed by atoms with Crippen molar-refractivity contribution in [3.63, 3.8) is 0 Å². The second kappa shape index (κ2) is 6.68. The molecule has 0 aromatic carbocycles. The number of nitrogens with zero attached hydrogens (tertiary/aromatic N) is 3. The van der Waals surface area contributed by atoms with Gasteiger partial charge < -0.3 is 5.32 Å². The van der Waals surface area contributed by atoms with Crippen molar-refractivity contribution in [3.05, 3.63) is 35.4 Å². The molecule has 0 fully saturated rings. The molecule has 0 aliphatic heterocycles. The van der Waals surface area contributed by atoms with Crippen LogP contribution >= 0.6 is 23.4 Å². The van der Waals surface area contributed by atoms with Gasteiger partial charge in [-0.25, -0.2) is 19.3 Å². The molecule has 4 nitrogen and oxygen atoms in total. The van der Waals surface area contributed by atoms with Crippen LogP contribution in [0.5, 0.6) is 0 Å². The van der Waals surface area contributed by atoms with Crippen LogP contribution in [0.2, 0.25) is 5.02 Å². The van der Waals surface area contributed by atoms with E-state index in [-0.39, 0.29) is 5.03 Å². The molecular formula is C12H12ClFN4S. The van der Waals surface area contributed by atoms with Crippen molar-refractivity contribution in [1.82, 2.24) is 15.0 Å². The molecule has 0 bridgehead atoms. The van der Waals surface area contributed by atoms with Crippen LogP contribution in [0.3, 0.4) is 0 Å². The van der Waals surface area contributed by atoms with Gasteiger partial charge in [0.05, 0.1) is 11.2 Å². The van der Waals surface area contributed by atoms with E-state index in [0.29, 0.717) is 16.0 Å². The topological polar surface area (TPSA) is 50.7 Å². The zero-order valence-electron chi connectivity index (χ0n) is 10.2. The Balaban J connectivity index is 2.16. The average molecular weight is 299 g/mol. The summed E-state index contributed by atoms with van der Waals surface area (Å²) in [5.41, 5.74) is 0. The number of aromatic nitrogens is 3. The highest BCUT2D eigenvalue weighted by Gasteiger charge is 2.09. The first kappa shape index (κ1) is 14.0. The van der Waals surface area contributed by atoms with Gasteiger partial charge in [-0.2, -0.15) is 0 Å². The number of rotatable bonds is 5. The summed E-state index contributed by atoms with van der Waals surface area (Å²) in [6.45, 7) is 2.78. The third-order valence-corrected chi connectivity index (χ3v) is 3.30. The number of halogens is 2. The number of anilines is 1. The molecule has 0 atom stereocenters. The maximum absolute atomic E-state index is 13.6. The number of nitrogens with one attached hydrogen (secondary N) is 1. The lowest BCUT2D eigenvalue weighted by molar-refractivity contribution is 0.579. The first-order valence-corrected chi connectivity index (χ1v) is 6.94. The summed E-state index contributed by atoms with van der Waals surface area (Å²) in [5, 5.41) is 4.42. The first-order chi connectivity index (χ1) is 9.19. The fraction of sp³-hybridized carbons (Fsp3) is 0.250. The molecule has 0 spiro atoms. The fourth-order valence-corrected chi connectivity index (χ4v) is 2.10. The van der Waals surface area contributed by atoms with Crippen molar-refractivity contribution < 1.29 is 4.39 Å². The van der Waals surface area contributed by atoms with E-state index in [4.69, 9.17) is 11.6 Å². The molecular weight excluding hydrogens is 287 g/mol. The fourth-order valence-electron chi connectivity index (χ4n) is 1.27. The normalized spacial score (nSPS) is 10.5. The minimum atomic E-state index is -0.469. The highest BCUT2D eigenvalue weighted by atomic mass is 35.5. The van der Waals surface area contributed by atoms with Crippen LogP contribution in [0.1, 0.15) is 13.3 Å². The Morgan fingerprint density at radius 1 is 1.32 bits per heavy atom. The third kappa shape index (κ3) is 4.04. The Kier molecular flexibility index (Phi) is 4.93. The second-order valence-electron chi connectivity index (χ2n) is 3.69. The summed E-state index contributed by atoms with van der Waals surface area (Å²) in [6, 6.07) is 3.42. The van der Waals surface area contributed by atoms with Gasteiger partial charge in [0.25, 0.3) is 0 Å². The van der Waals surface area contributed by atoms with Gasteiger partial charge in [0.15, 0.2) is 5.82 Å². The van der Waals surface area contributed by atoms with Crippen molar-refractivity contribution >= 4 is 29.3 Å². The van der Waals surface area contributed by atoms with Crippen molar-refractivity contribution in [2.75, 3.05) is 11.9 Å². The summed E-state index contributed by atoms with van der Waals surface area (Å²) in [5.74, 6) is -0.0523. The molecule has 19 heavy (non-hydrogen) atoms. The maximum atomic E-state index is 13.6. The average Bonchev–Trinajstić information content (AvgIpc) is 2.42. The molecule has 0 aliphatic rings. The summed E-state index contributed by atoms with van der Waals surface area (Å²) in [4.78, 5) is 12.1. The van der Waals surface area contributed by atoms with Crippen LogP contribution in [0.15, 0.2) is 34.6 Å². The molecule has 2 aromatic rings. The van der Waals surface area contributed by atoms with E-state index in [1.807, 2.05) is 6.92 Å². The molecule has 0 aliphatic carbocycles. The lowest BCUT2D eigenvalue weighted by Crippen LogP contribution is -2.05. The molecule has 1 N–H and O–H groups in total. The molecule has 0 saturated carbocycles. The van der Waals surface area contributed by atoms with Crippen LogP contribution in [0.4, 0.5) is 10.3 Å². The molecule has 0 saturated heterocycles. The zero-order valence-corrected chi connectivity index (χ0v) is 11.8. The van der Waals surface area contributed by atoms with Crippen molar-refractivity contribution in [2.45, 2.75) is 23.4 Å². The van der Waals surface area contributed by atoms with E-state index in [1.165, 1.54) is 6.20 Å². The van der Waals surface area contributed by atoms with Crippen LogP contribution in [-0.2, 0) is 0 Å². The van der Waals surface area contributed by atoms with Crippen molar-refractivity contribution in [3.8, 4) is 0 Å². The Labute approximate surface area is 119 Å². The van der Waals surface area contributed by atoms with Crippen LogP contribution in [-0.4, -0.2) is 21.5 Å². The molecule has 2 aromatic heterocycles. The molecule has 2 rings (SSSR count). The quantitative estimate of drug-likeness (QED) is 0.854. The van der Waals surface area contributed by atoms with Gasteiger partial charge in [0.2, 0.25) is 5.95 Å². The monoisotopic (exact) mass is 298 g/mol. The predicted molar refractivity (Wildman–Crippen MR) is 74.1 cm³/mol. The molecule has 100 valence electrons. The van der Waals surface area contributed by atoms with Gasteiger partial charge in [-0.15, -0.1) is 0 Å². The second-order valence-corrected chi connectivity index (χ2v) is 5.14. The van der Waals surface area contributed by atoms with E-state index in [2.05, 4.69) is 20.3 Å². The van der Waals surface area contributed by atoms with Gasteiger partial charge >= 0.3 is 0 Å². The summed E-state index contributed by atoms with van der Waals surface area (Å²) in [6.07, 6.45) is 3.62. The Morgan fingerprint density at radius 2 is 2.16 bits per heavy atom. The Bertz CT molecular complexity index is 550. The van der Waals surface area contributed by atoms with Crippen molar-refractivity contribution in [1.29, 1.82) is 0 Å². The molecule has 0 radical (unpaired) electrons. The molecule has 7 heteroatoms. The first-order valence-electron chi connectivity index (χ1n) is 5.75. The Morgan fingerprint density at radius 3 is 2.84 bits per heavy atom. The third-order valence-electron chi connectivity index (χ3n) is 2.15. The van der Waals surface area contributed by atoms with Crippen molar-refractivity contribution in [2.24, 2.45) is 0 Å². The van der Waals surface area contributed by atoms with Gasteiger partial charge in [0, 0.05) is 12.7 Å². The van der Waals surface area contributed by atoms with Gasteiger partial charge in [-0.1, -0.05) is 18.5 Å². The van der Waals surface area contributed by atoms with E-state index < -0.39 is 5.82 Å². The summed E-state index contributed by atoms with van der Waals surface area (Å²) in [7, 11) is 0. The number of pyridine rings is 1. The van der Waals surface area contributed by atoms with Gasteiger partial charge in [-0.3, -0.25) is 0 Å². The smallest absolute Gasteiger partial charge is 0.223 e. The Hall–Kier alpha value is -1.40. The zero-order chi connectivity index (χ0) is 13.7. The highest BCUT2D eigenvalue weighted by molar-refractivity contribution is 7.99. The predicted octanol–water partition coefficient (Wildman–Crippen LogP) is 3.64. The number of hydrogen-bond donors (Lipinski definition) is 1. The highest BCUT2D eigenvalue weighted by Crippen LogP contribution is 2.27. The molecule has 2 heterocycles. The van der Waals surface area contributed by atoms with E-state index in [1.54, 1.807) is 12.1 Å². The maximum Gasteiger partial charge on any atom is 0.223 e. The van der Waals surface area contributed by atoms with Gasteiger partial charge in [-0.05, 0) is 30.3 Å². The number of hydrogen-bond acceptors (Lipinski definition) is 5. The summed E-state index contributed by atoms with van der Waals surface area (Å²) < 4.78 is 13.6. The largest absolute Gasteiger partial charge is 0.354 e. The summed E-state index contributed by atoms with van der Waals surface area (Å²) >= 11 is 6.88. The molecule has 0 unspecified atom stereocenters. The van der Waals surface area contributed by atoms with Crippen LogP contribution in [0, 0.1) is 5.82 Å². The van der Waals surface area contributed by atoms with Crippen LogP contribution in [0.25, 0.3) is 0 Å². The lowest BCUT2D eigenvalue weighted by atomic mass is 10.5. The van der Waals surface area contributed by atoms with Crippen LogP contribution < -0.4 is 5.32 Å². The lowest BCUT2D eigenvalue weighted by Gasteiger charge is -2.05. The van der Waals surface area contributed by atoms with E-state index >= 15 is 0 Å². The molecule has 0 amide bonds. The SMILES string of the molecule is CCCNc1ncc(F)c(Sc2ccc(Cl)cn2)n1.